The molecule has 3 rings (SSSR count). The average Bonchev–Trinajstić information content (AvgIpc) is 2.72. The normalized spacial score (nSPS) is 11.8. The van der Waals surface area contributed by atoms with Crippen LogP contribution in [0.5, 0.6) is 5.75 Å². The van der Waals surface area contributed by atoms with Crippen molar-refractivity contribution in [2.75, 3.05) is 0 Å². The van der Waals surface area contributed by atoms with E-state index >= 15 is 0 Å². The summed E-state index contributed by atoms with van der Waals surface area (Å²) in [6.45, 7) is 4.19. The van der Waals surface area contributed by atoms with Gasteiger partial charge in [-0.3, -0.25) is 4.79 Å². The minimum atomic E-state index is -0.306. The summed E-state index contributed by atoms with van der Waals surface area (Å²) in [6, 6.07) is 26.4. The molecule has 0 heterocycles. The van der Waals surface area contributed by atoms with Crippen LogP contribution in [0.2, 0.25) is 0 Å². The van der Waals surface area contributed by atoms with Gasteiger partial charge in [0.1, 0.15) is 5.75 Å². The molecule has 0 saturated carbocycles. The molecule has 0 saturated heterocycles. The summed E-state index contributed by atoms with van der Waals surface area (Å²) < 4.78 is 11.0. The van der Waals surface area contributed by atoms with E-state index in [9.17, 15) is 4.79 Å². The van der Waals surface area contributed by atoms with Gasteiger partial charge >= 0.3 is 5.97 Å². The summed E-state index contributed by atoms with van der Waals surface area (Å²) in [4.78, 5) is 11.0. The number of benzene rings is 3. The number of rotatable bonds is 8. The Morgan fingerprint density at radius 3 is 2.04 bits per heavy atom. The van der Waals surface area contributed by atoms with Crippen LogP contribution in [-0.4, -0.2) is 12.1 Å². The van der Waals surface area contributed by atoms with Gasteiger partial charge in [-0.1, -0.05) is 66.7 Å². The summed E-state index contributed by atoms with van der Waals surface area (Å²) in [6.07, 6.45) is 2.19. The fourth-order valence-corrected chi connectivity index (χ4v) is 3.01. The number of carbonyl (C=O) groups is 1. The third kappa shape index (κ3) is 6.07. The molecule has 0 amide bonds. The molecule has 0 spiro atoms. The molecule has 0 fully saturated rings. The maximum absolute atomic E-state index is 11.0. The molecule has 3 aromatic carbocycles. The first-order valence-corrected chi connectivity index (χ1v) is 9.63. The highest BCUT2D eigenvalue weighted by molar-refractivity contribution is 5.70. The molecule has 0 N–H and O–H groups in total. The maximum Gasteiger partial charge on any atom is 0.308 e. The van der Waals surface area contributed by atoms with E-state index < -0.39 is 0 Å². The van der Waals surface area contributed by atoms with Crippen LogP contribution in [0.1, 0.15) is 31.4 Å². The van der Waals surface area contributed by atoms with Gasteiger partial charge in [0.2, 0.25) is 0 Å². The van der Waals surface area contributed by atoms with Gasteiger partial charge < -0.3 is 9.47 Å². The van der Waals surface area contributed by atoms with Crippen molar-refractivity contribution in [2.45, 2.75) is 39.4 Å². The Balaban J connectivity index is 1.49. The fourth-order valence-electron chi connectivity index (χ4n) is 3.01. The van der Waals surface area contributed by atoms with Crippen molar-refractivity contribution in [2.24, 2.45) is 0 Å². The monoisotopic (exact) mass is 374 g/mol. The van der Waals surface area contributed by atoms with Crippen molar-refractivity contribution in [3.05, 3.63) is 90.0 Å². The van der Waals surface area contributed by atoms with Crippen molar-refractivity contribution in [3.8, 4) is 16.9 Å². The quantitative estimate of drug-likeness (QED) is 0.368. The zero-order chi connectivity index (χ0) is 19.8. The predicted octanol–water partition coefficient (Wildman–Crippen LogP) is 5.82. The lowest BCUT2D eigenvalue weighted by atomic mass is 10.0. The molecule has 3 nitrogen and oxygen atoms in total. The second-order valence-corrected chi connectivity index (χ2v) is 6.96. The van der Waals surface area contributed by atoms with Gasteiger partial charge in [0.25, 0.3) is 0 Å². The van der Waals surface area contributed by atoms with Gasteiger partial charge in [0.05, 0.1) is 12.7 Å². The largest absolute Gasteiger partial charge is 0.427 e. The first kappa shape index (κ1) is 19.8. The highest BCUT2D eigenvalue weighted by atomic mass is 16.5. The topological polar surface area (TPSA) is 35.5 Å². The Hall–Kier alpha value is -2.91. The van der Waals surface area contributed by atoms with Crippen LogP contribution >= 0.6 is 0 Å². The van der Waals surface area contributed by atoms with Crippen molar-refractivity contribution in [1.29, 1.82) is 0 Å². The van der Waals surface area contributed by atoms with E-state index in [1.165, 1.54) is 18.1 Å². The Morgan fingerprint density at radius 1 is 0.821 bits per heavy atom. The highest BCUT2D eigenvalue weighted by Gasteiger charge is 2.05. The molecule has 3 heteroatoms. The average molecular weight is 374 g/mol. The van der Waals surface area contributed by atoms with Crippen LogP contribution in [0.4, 0.5) is 0 Å². The number of hydrogen-bond acceptors (Lipinski definition) is 3. The van der Waals surface area contributed by atoms with Crippen molar-refractivity contribution in [1.82, 2.24) is 0 Å². The summed E-state index contributed by atoms with van der Waals surface area (Å²) in [5.41, 5.74) is 4.75. The summed E-state index contributed by atoms with van der Waals surface area (Å²) >= 11 is 0. The molecule has 1 unspecified atom stereocenters. The Kier molecular flexibility index (Phi) is 6.99. The zero-order valence-corrected chi connectivity index (χ0v) is 16.4. The van der Waals surface area contributed by atoms with Gasteiger partial charge in [-0.2, -0.15) is 0 Å². The van der Waals surface area contributed by atoms with Gasteiger partial charge in [0, 0.05) is 6.92 Å². The first-order valence-electron chi connectivity index (χ1n) is 9.63. The van der Waals surface area contributed by atoms with Crippen LogP contribution in [0, 0.1) is 0 Å². The number of aryl methyl sites for hydroxylation is 1. The van der Waals surface area contributed by atoms with Gasteiger partial charge in [-0.05, 0) is 54.2 Å². The van der Waals surface area contributed by atoms with Crippen molar-refractivity contribution < 1.29 is 14.3 Å². The van der Waals surface area contributed by atoms with Crippen LogP contribution in [0.15, 0.2) is 78.9 Å². The van der Waals surface area contributed by atoms with Crippen LogP contribution in [-0.2, 0) is 22.6 Å². The molecular formula is C25H26O3. The number of hydrogen-bond donors (Lipinski definition) is 0. The van der Waals surface area contributed by atoms with Crippen molar-refractivity contribution in [3.63, 3.8) is 0 Å². The Labute approximate surface area is 166 Å². The number of esters is 1. The Morgan fingerprint density at radius 2 is 1.43 bits per heavy atom. The molecule has 0 radical (unpaired) electrons. The van der Waals surface area contributed by atoms with Gasteiger partial charge in [0.15, 0.2) is 0 Å². The molecule has 144 valence electrons. The highest BCUT2D eigenvalue weighted by Crippen LogP contribution is 2.23. The number of ether oxygens (including phenoxy) is 2. The summed E-state index contributed by atoms with van der Waals surface area (Å²) in [5.74, 6) is 0.261. The SMILES string of the molecule is CC(=O)Oc1ccc(-c2ccc(CCC(C)OCc3ccccc3)cc2)cc1. The lowest BCUT2D eigenvalue weighted by Gasteiger charge is -2.13. The molecule has 0 aromatic heterocycles. The lowest BCUT2D eigenvalue weighted by molar-refractivity contribution is -0.131. The van der Waals surface area contributed by atoms with Crippen LogP contribution in [0.25, 0.3) is 11.1 Å². The molecule has 0 aliphatic heterocycles. The van der Waals surface area contributed by atoms with Gasteiger partial charge in [-0.25, -0.2) is 0 Å². The third-order valence-electron chi connectivity index (χ3n) is 4.62. The van der Waals surface area contributed by atoms with E-state index in [0.717, 1.165) is 24.0 Å². The molecule has 0 aliphatic rings. The Bertz CT molecular complexity index is 868. The molecule has 0 aliphatic carbocycles. The van der Waals surface area contributed by atoms with Crippen LogP contribution < -0.4 is 4.74 Å². The molecule has 0 bridgehead atoms. The standard InChI is InChI=1S/C25H26O3/c1-19(27-18-22-6-4-3-5-7-22)8-9-21-10-12-23(13-11-21)24-14-16-25(17-15-24)28-20(2)26/h3-7,10-17,19H,8-9,18H2,1-2H3. The second kappa shape index (κ2) is 9.86. The summed E-state index contributed by atoms with van der Waals surface area (Å²) in [5, 5.41) is 0. The lowest BCUT2D eigenvalue weighted by Crippen LogP contribution is -2.09. The minimum Gasteiger partial charge on any atom is -0.427 e. The number of carbonyl (C=O) groups excluding carboxylic acids is 1. The fraction of sp³-hybridized carbons (Fsp3) is 0.240. The molecule has 28 heavy (non-hydrogen) atoms. The van der Waals surface area contributed by atoms with E-state index in [2.05, 4.69) is 43.3 Å². The van der Waals surface area contributed by atoms with E-state index in [-0.39, 0.29) is 12.1 Å². The van der Waals surface area contributed by atoms with E-state index in [0.29, 0.717) is 12.4 Å². The minimum absolute atomic E-state index is 0.216. The predicted molar refractivity (Wildman–Crippen MR) is 112 cm³/mol. The van der Waals surface area contributed by atoms with E-state index in [1.807, 2.05) is 42.5 Å². The third-order valence-corrected chi connectivity index (χ3v) is 4.62. The molecule has 3 aromatic rings. The van der Waals surface area contributed by atoms with E-state index in [1.54, 1.807) is 0 Å². The summed E-state index contributed by atoms with van der Waals surface area (Å²) in [7, 11) is 0. The second-order valence-electron chi connectivity index (χ2n) is 6.96. The zero-order valence-electron chi connectivity index (χ0n) is 16.4. The first-order chi connectivity index (χ1) is 13.6. The van der Waals surface area contributed by atoms with Crippen molar-refractivity contribution >= 4 is 5.97 Å². The maximum atomic E-state index is 11.0. The van der Waals surface area contributed by atoms with Crippen LogP contribution in [0.3, 0.4) is 0 Å². The molecule has 1 atom stereocenters. The van der Waals surface area contributed by atoms with E-state index in [4.69, 9.17) is 9.47 Å². The molecular weight excluding hydrogens is 348 g/mol. The van der Waals surface area contributed by atoms with Gasteiger partial charge in [-0.15, -0.1) is 0 Å². The smallest absolute Gasteiger partial charge is 0.308 e.